The average Bonchev–Trinajstić information content (AvgIpc) is 2.65. The molecule has 0 saturated carbocycles. The smallest absolute Gasteiger partial charge is 0.0850 e. The fraction of sp³-hybridized carbons (Fsp3) is 0.462. The first kappa shape index (κ1) is 15.0. The van der Waals surface area contributed by atoms with E-state index in [1.54, 1.807) is 0 Å². The van der Waals surface area contributed by atoms with E-state index in [4.69, 9.17) is 11.6 Å². The Morgan fingerprint density at radius 2 is 1.62 bits per heavy atom. The third-order valence-electron chi connectivity index (χ3n) is 1.78. The molecule has 0 bridgehead atoms. The maximum Gasteiger partial charge on any atom is 0.0850 e. The minimum Gasteiger partial charge on any atom is -0.239 e. The van der Waals surface area contributed by atoms with Crippen LogP contribution in [0.2, 0.25) is 5.02 Å². The normalized spacial score (nSPS) is 8.94. The minimum absolute atomic E-state index is 0.760. The summed E-state index contributed by atoms with van der Waals surface area (Å²) < 4.78 is 1.81. The Bertz CT molecular complexity index is 433. The summed E-state index contributed by atoms with van der Waals surface area (Å²) in [5, 5.41) is 5.03. The molecule has 0 radical (unpaired) electrons. The van der Waals surface area contributed by atoms with Gasteiger partial charge in [0.05, 0.1) is 16.2 Å². The van der Waals surface area contributed by atoms with Crippen molar-refractivity contribution in [3.8, 4) is 0 Å². The highest BCUT2D eigenvalue weighted by Gasteiger charge is 2.02. The van der Waals surface area contributed by atoms with E-state index in [1.165, 1.54) is 0 Å². The van der Waals surface area contributed by atoms with Gasteiger partial charge in [-0.15, -0.1) is 0 Å². The predicted molar refractivity (Wildman–Crippen MR) is 72.4 cm³/mol. The van der Waals surface area contributed by atoms with Crippen molar-refractivity contribution in [1.29, 1.82) is 0 Å². The molecule has 0 aliphatic rings. The molecule has 3 heteroatoms. The van der Waals surface area contributed by atoms with Crippen LogP contribution in [-0.2, 0) is 0 Å². The van der Waals surface area contributed by atoms with Crippen molar-refractivity contribution in [2.45, 2.75) is 41.5 Å². The van der Waals surface area contributed by atoms with Crippen molar-refractivity contribution in [3.05, 3.63) is 34.6 Å². The van der Waals surface area contributed by atoms with Crippen LogP contribution in [0.5, 0.6) is 0 Å². The molecule has 2 aromatic heterocycles. The highest BCUT2D eigenvalue weighted by molar-refractivity contribution is 6.33. The molecule has 2 heterocycles. The van der Waals surface area contributed by atoms with Gasteiger partial charge < -0.3 is 0 Å². The number of hydrogen-bond donors (Lipinski definition) is 0. The Balaban J connectivity index is 0.000000509. The Kier molecular flexibility index (Phi) is 6.82. The molecule has 0 amide bonds. The molecule has 0 unspecified atom stereocenters. The largest absolute Gasteiger partial charge is 0.239 e. The fourth-order valence-electron chi connectivity index (χ4n) is 1.30. The Morgan fingerprint density at radius 3 is 2.19 bits per heavy atom. The molecule has 0 N–H and O–H groups in total. The van der Waals surface area contributed by atoms with Gasteiger partial charge in [-0.3, -0.25) is 0 Å². The molecular weight excluding hydrogens is 220 g/mol. The summed E-state index contributed by atoms with van der Waals surface area (Å²) in [5.74, 6) is 0. The van der Waals surface area contributed by atoms with Gasteiger partial charge in [-0.2, -0.15) is 5.10 Å². The molecule has 2 nitrogen and oxygen atoms in total. The lowest BCUT2D eigenvalue weighted by atomic mass is 10.3. The lowest BCUT2D eigenvalue weighted by Gasteiger charge is -1.97. The number of nitrogens with zero attached hydrogens (tertiary/aromatic N) is 2. The van der Waals surface area contributed by atoms with Crippen LogP contribution >= 0.6 is 11.6 Å². The van der Waals surface area contributed by atoms with E-state index in [9.17, 15) is 0 Å². The number of aromatic nitrogens is 2. The van der Waals surface area contributed by atoms with Crippen LogP contribution in [0.4, 0.5) is 0 Å². The molecule has 0 aromatic carbocycles. The van der Waals surface area contributed by atoms with Gasteiger partial charge in [0, 0.05) is 6.20 Å². The molecule has 0 saturated heterocycles. The summed E-state index contributed by atoms with van der Waals surface area (Å²) in [6.45, 7) is 12.0. The molecular formula is C13H21ClN2. The summed E-state index contributed by atoms with van der Waals surface area (Å²) in [6.07, 6.45) is 1.97. The van der Waals surface area contributed by atoms with Crippen LogP contribution in [0, 0.1) is 13.8 Å². The first-order chi connectivity index (χ1) is 7.66. The van der Waals surface area contributed by atoms with Gasteiger partial charge in [-0.05, 0) is 31.5 Å². The van der Waals surface area contributed by atoms with Crippen molar-refractivity contribution < 1.29 is 0 Å². The van der Waals surface area contributed by atoms with Gasteiger partial charge in [0.15, 0.2) is 0 Å². The van der Waals surface area contributed by atoms with Crippen LogP contribution in [0.1, 0.15) is 39.0 Å². The lowest BCUT2D eigenvalue weighted by molar-refractivity contribution is 0.926. The minimum atomic E-state index is 0.760. The number of rotatable bonds is 0. The highest BCUT2D eigenvalue weighted by atomic mass is 35.5. The van der Waals surface area contributed by atoms with Crippen molar-refractivity contribution in [3.63, 3.8) is 0 Å². The number of pyridine rings is 1. The molecule has 2 aromatic rings. The number of hydrogen-bond acceptors (Lipinski definition) is 1. The second-order valence-corrected chi connectivity index (χ2v) is 3.39. The SMILES string of the molecule is CC.CC.Cc1cc(Cl)c2cc(C)nn2c1. The number of fused-ring (bicyclic) bond motifs is 1. The first-order valence-electron chi connectivity index (χ1n) is 5.79. The first-order valence-corrected chi connectivity index (χ1v) is 6.17. The summed E-state index contributed by atoms with van der Waals surface area (Å²) in [5.41, 5.74) is 3.08. The van der Waals surface area contributed by atoms with E-state index in [0.717, 1.165) is 21.8 Å². The Labute approximate surface area is 103 Å². The third-order valence-corrected chi connectivity index (χ3v) is 2.09. The molecule has 90 valence electrons. The molecule has 0 fully saturated rings. The molecule has 0 atom stereocenters. The van der Waals surface area contributed by atoms with Crippen LogP contribution in [-0.4, -0.2) is 9.61 Å². The van der Waals surface area contributed by atoms with Crippen molar-refractivity contribution in [2.75, 3.05) is 0 Å². The topological polar surface area (TPSA) is 17.3 Å². The second kappa shape index (κ2) is 7.29. The molecule has 16 heavy (non-hydrogen) atoms. The standard InChI is InChI=1S/C9H9ClN2.2C2H6/c1-6-3-8(10)9-4-7(2)11-12(9)5-6;2*1-2/h3-5H,1-2H3;2*1-2H3. The average molecular weight is 241 g/mol. The Hall–Kier alpha value is -1.02. The highest BCUT2D eigenvalue weighted by Crippen LogP contribution is 2.19. The van der Waals surface area contributed by atoms with Crippen LogP contribution in [0.25, 0.3) is 5.52 Å². The number of halogens is 1. The van der Waals surface area contributed by atoms with E-state index in [-0.39, 0.29) is 0 Å². The van der Waals surface area contributed by atoms with Crippen molar-refractivity contribution >= 4 is 17.1 Å². The van der Waals surface area contributed by atoms with Gasteiger partial charge in [-0.1, -0.05) is 39.3 Å². The van der Waals surface area contributed by atoms with E-state index in [1.807, 2.05) is 64.4 Å². The van der Waals surface area contributed by atoms with E-state index in [2.05, 4.69) is 5.10 Å². The van der Waals surface area contributed by atoms with E-state index >= 15 is 0 Å². The van der Waals surface area contributed by atoms with E-state index in [0.29, 0.717) is 0 Å². The molecule has 0 spiro atoms. The van der Waals surface area contributed by atoms with Gasteiger partial charge in [0.1, 0.15) is 0 Å². The lowest BCUT2D eigenvalue weighted by Crippen LogP contribution is -1.88. The van der Waals surface area contributed by atoms with Crippen molar-refractivity contribution in [2.24, 2.45) is 0 Å². The molecule has 2 rings (SSSR count). The van der Waals surface area contributed by atoms with E-state index < -0.39 is 0 Å². The van der Waals surface area contributed by atoms with Gasteiger partial charge in [0.2, 0.25) is 0 Å². The summed E-state index contributed by atoms with van der Waals surface area (Å²) >= 11 is 6.01. The van der Waals surface area contributed by atoms with Crippen LogP contribution in [0.3, 0.4) is 0 Å². The summed E-state index contributed by atoms with van der Waals surface area (Å²) in [7, 11) is 0. The van der Waals surface area contributed by atoms with Gasteiger partial charge in [-0.25, -0.2) is 4.52 Å². The van der Waals surface area contributed by atoms with Gasteiger partial charge in [0.25, 0.3) is 0 Å². The Morgan fingerprint density at radius 1 is 1.06 bits per heavy atom. The maximum atomic E-state index is 6.01. The summed E-state index contributed by atoms with van der Waals surface area (Å²) in [6, 6.07) is 3.92. The quantitative estimate of drug-likeness (QED) is 0.655. The van der Waals surface area contributed by atoms with Gasteiger partial charge >= 0.3 is 0 Å². The summed E-state index contributed by atoms with van der Waals surface area (Å²) in [4.78, 5) is 0. The molecule has 0 aliphatic heterocycles. The zero-order chi connectivity index (χ0) is 12.7. The zero-order valence-corrected chi connectivity index (χ0v) is 11.8. The van der Waals surface area contributed by atoms with Crippen molar-refractivity contribution in [1.82, 2.24) is 9.61 Å². The monoisotopic (exact) mass is 240 g/mol. The number of aryl methyl sites for hydroxylation is 2. The molecule has 0 aliphatic carbocycles. The second-order valence-electron chi connectivity index (χ2n) is 2.98. The fourth-order valence-corrected chi connectivity index (χ4v) is 1.61. The van der Waals surface area contributed by atoms with Crippen LogP contribution in [0.15, 0.2) is 18.3 Å². The third kappa shape index (κ3) is 3.53. The van der Waals surface area contributed by atoms with Crippen LogP contribution < -0.4 is 0 Å². The maximum absolute atomic E-state index is 6.01. The predicted octanol–water partition coefficient (Wildman–Crippen LogP) is 4.66. The zero-order valence-electron chi connectivity index (χ0n) is 11.0.